The van der Waals surface area contributed by atoms with Gasteiger partial charge in [0.1, 0.15) is 0 Å². The Labute approximate surface area is 195 Å². The van der Waals surface area contributed by atoms with Crippen molar-refractivity contribution >= 4 is 0 Å². The molecule has 4 fully saturated rings. The van der Waals surface area contributed by atoms with Gasteiger partial charge < -0.3 is 14.9 Å². The Balaban J connectivity index is 1.41. The van der Waals surface area contributed by atoms with E-state index >= 15 is 0 Å². The average Bonchev–Trinajstić information content (AvgIpc) is 3.11. The van der Waals surface area contributed by atoms with Crippen molar-refractivity contribution in [2.75, 3.05) is 26.2 Å². The van der Waals surface area contributed by atoms with Crippen molar-refractivity contribution in [3.05, 3.63) is 35.5 Å². The van der Waals surface area contributed by atoms with E-state index < -0.39 is 12.2 Å². The highest BCUT2D eigenvalue weighted by molar-refractivity contribution is 5.38. The molecule has 1 saturated heterocycles. The van der Waals surface area contributed by atoms with E-state index in [4.69, 9.17) is 4.74 Å². The quantitative estimate of drug-likeness (QED) is 0.636. The molecular weight excluding hydrogens is 398 g/mol. The number of nitrogens with zero attached hydrogens (tertiary/aromatic N) is 1. The van der Waals surface area contributed by atoms with Crippen molar-refractivity contribution in [2.45, 2.75) is 90.4 Å². The zero-order valence-corrected chi connectivity index (χ0v) is 20.6. The normalized spacial score (nSPS) is 42.4. The highest BCUT2D eigenvalue weighted by Crippen LogP contribution is 2.59. The molecule has 180 valence electrons. The molecule has 0 aromatic heterocycles. The lowest BCUT2D eigenvalue weighted by molar-refractivity contribution is -0.0216. The molecule has 0 radical (unpaired) electrons. The van der Waals surface area contributed by atoms with Gasteiger partial charge in [0.15, 0.2) is 0 Å². The van der Waals surface area contributed by atoms with Gasteiger partial charge in [-0.05, 0) is 92.7 Å². The number of aliphatic hydroxyl groups excluding tert-OH is 2. The zero-order chi connectivity index (χ0) is 22.9. The van der Waals surface area contributed by atoms with Crippen LogP contribution < -0.4 is 0 Å². The Bertz CT molecular complexity index is 743. The van der Waals surface area contributed by atoms with Gasteiger partial charge in [-0.3, -0.25) is 4.90 Å². The maximum atomic E-state index is 10.2. The van der Waals surface area contributed by atoms with Crippen LogP contribution in [0.2, 0.25) is 0 Å². The summed E-state index contributed by atoms with van der Waals surface area (Å²) in [5, 5.41) is 20.2. The molecule has 0 aromatic rings. The summed E-state index contributed by atoms with van der Waals surface area (Å²) < 4.78 is 5.71. The Morgan fingerprint density at radius 3 is 2.88 bits per heavy atom. The van der Waals surface area contributed by atoms with Crippen molar-refractivity contribution < 1.29 is 14.9 Å². The third kappa shape index (κ3) is 5.09. The molecule has 0 amide bonds. The van der Waals surface area contributed by atoms with Crippen LogP contribution in [-0.2, 0) is 4.74 Å². The van der Waals surface area contributed by atoms with Crippen molar-refractivity contribution in [2.24, 2.45) is 23.2 Å². The van der Waals surface area contributed by atoms with Crippen LogP contribution in [0.1, 0.15) is 72.1 Å². The molecule has 1 aliphatic heterocycles. The smallest absolute Gasteiger partial charge is 0.0811 e. The van der Waals surface area contributed by atoms with Gasteiger partial charge in [-0.2, -0.15) is 0 Å². The second kappa shape index (κ2) is 10.1. The van der Waals surface area contributed by atoms with Crippen LogP contribution >= 0.6 is 0 Å². The van der Waals surface area contributed by atoms with Gasteiger partial charge in [-0.1, -0.05) is 38.2 Å². The van der Waals surface area contributed by atoms with E-state index in [2.05, 4.69) is 44.4 Å². The molecule has 0 unspecified atom stereocenters. The third-order valence-corrected chi connectivity index (χ3v) is 9.21. The van der Waals surface area contributed by atoms with Gasteiger partial charge in [-0.25, -0.2) is 0 Å². The predicted octanol–water partition coefficient (Wildman–Crippen LogP) is 4.87. The molecule has 4 nitrogen and oxygen atoms in total. The van der Waals surface area contributed by atoms with Gasteiger partial charge in [-0.15, -0.1) is 0 Å². The fourth-order valence-corrected chi connectivity index (χ4v) is 7.36. The van der Waals surface area contributed by atoms with Gasteiger partial charge >= 0.3 is 0 Å². The van der Waals surface area contributed by atoms with Gasteiger partial charge in [0.2, 0.25) is 0 Å². The first-order valence-electron chi connectivity index (χ1n) is 13.1. The Morgan fingerprint density at radius 1 is 1.28 bits per heavy atom. The van der Waals surface area contributed by atoms with E-state index in [0.29, 0.717) is 30.3 Å². The Morgan fingerprint density at radius 2 is 2.09 bits per heavy atom. The van der Waals surface area contributed by atoms with Gasteiger partial charge in [0.25, 0.3) is 0 Å². The molecule has 4 heteroatoms. The fourth-order valence-electron chi connectivity index (χ4n) is 7.36. The number of fused-ring (bicyclic) bond motifs is 1. The number of ether oxygens (including phenoxy) is 1. The number of allylic oxidation sites excluding steroid dienone is 3. The minimum atomic E-state index is -0.605. The van der Waals surface area contributed by atoms with E-state index in [-0.39, 0.29) is 0 Å². The molecule has 1 heterocycles. The van der Waals surface area contributed by atoms with Crippen LogP contribution in [0.5, 0.6) is 0 Å². The van der Waals surface area contributed by atoms with Crippen molar-refractivity contribution in [1.29, 1.82) is 0 Å². The third-order valence-electron chi connectivity index (χ3n) is 9.21. The van der Waals surface area contributed by atoms with E-state index in [0.717, 1.165) is 42.7 Å². The van der Waals surface area contributed by atoms with Crippen LogP contribution in [-0.4, -0.2) is 59.7 Å². The number of aliphatic hydroxyl groups is 2. The first-order chi connectivity index (χ1) is 15.3. The van der Waals surface area contributed by atoms with Gasteiger partial charge in [0, 0.05) is 19.5 Å². The minimum absolute atomic E-state index is 0.370. The summed E-state index contributed by atoms with van der Waals surface area (Å²) in [6.45, 7) is 15.6. The minimum Gasteiger partial charge on any atom is -0.393 e. The highest BCUT2D eigenvalue weighted by atomic mass is 16.5. The van der Waals surface area contributed by atoms with Crippen molar-refractivity contribution in [1.82, 2.24) is 4.90 Å². The summed E-state index contributed by atoms with van der Waals surface area (Å²) in [7, 11) is 0. The molecule has 2 N–H and O–H groups in total. The Hall–Kier alpha value is -0.940. The molecule has 0 spiro atoms. The van der Waals surface area contributed by atoms with Crippen LogP contribution in [0.4, 0.5) is 0 Å². The predicted molar refractivity (Wildman–Crippen MR) is 130 cm³/mol. The van der Waals surface area contributed by atoms with Crippen LogP contribution in [0, 0.1) is 23.2 Å². The lowest BCUT2D eigenvalue weighted by Crippen LogP contribution is -2.42. The fraction of sp³-hybridized carbons (Fsp3) is 0.786. The molecule has 4 aliphatic rings. The summed E-state index contributed by atoms with van der Waals surface area (Å²) >= 11 is 0. The standard InChI is InChI=1S/C28H45NO3/c1-19(11-13-29-14-15-32-20(2)18-29)25-9-10-26-22(6-5-12-28(25,26)4)7-8-23-16-24(30)17-27(31)21(23)3/h7-8,19-20,24-27,30-31H,3,5-6,9-18H2,1-2,4H3/b22-7+,23-8-/t19-,20-,24-,25-,26+,27-,28-/m1/s1. The lowest BCUT2D eigenvalue weighted by atomic mass is 9.61. The van der Waals surface area contributed by atoms with E-state index in [1.807, 2.05) is 0 Å². The molecule has 3 saturated carbocycles. The molecule has 7 atom stereocenters. The van der Waals surface area contributed by atoms with E-state index in [9.17, 15) is 10.2 Å². The largest absolute Gasteiger partial charge is 0.393 e. The molecular formula is C28H45NO3. The SMILES string of the molecule is C=C1/C(=C\C=C2/CCC[C@]3(C)[C@@H]([C@H](C)CCN4CCO[C@H](C)C4)CC[C@@H]23)C[C@@H](O)C[C@H]1O. The summed E-state index contributed by atoms with van der Waals surface area (Å²) in [5.74, 6) is 2.23. The average molecular weight is 444 g/mol. The molecule has 4 rings (SSSR count). The van der Waals surface area contributed by atoms with Crippen LogP contribution in [0.25, 0.3) is 0 Å². The van der Waals surface area contributed by atoms with Crippen LogP contribution in [0.3, 0.4) is 0 Å². The molecule has 3 aliphatic carbocycles. The molecule has 0 bridgehead atoms. The number of hydrogen-bond donors (Lipinski definition) is 2. The summed E-state index contributed by atoms with van der Waals surface area (Å²) in [5.41, 5.74) is 3.81. The molecule has 0 aromatic carbocycles. The van der Waals surface area contributed by atoms with E-state index in [1.165, 1.54) is 45.1 Å². The summed E-state index contributed by atoms with van der Waals surface area (Å²) in [6.07, 6.45) is 12.6. The summed E-state index contributed by atoms with van der Waals surface area (Å²) in [4.78, 5) is 2.59. The number of hydrogen-bond acceptors (Lipinski definition) is 4. The molecule has 32 heavy (non-hydrogen) atoms. The monoisotopic (exact) mass is 443 g/mol. The maximum absolute atomic E-state index is 10.2. The first-order valence-corrected chi connectivity index (χ1v) is 13.1. The first kappa shape index (κ1) is 24.2. The van der Waals surface area contributed by atoms with Gasteiger partial charge in [0.05, 0.1) is 24.9 Å². The van der Waals surface area contributed by atoms with Crippen molar-refractivity contribution in [3.63, 3.8) is 0 Å². The maximum Gasteiger partial charge on any atom is 0.0811 e. The summed E-state index contributed by atoms with van der Waals surface area (Å²) in [6, 6.07) is 0. The zero-order valence-electron chi connectivity index (χ0n) is 20.6. The number of rotatable bonds is 5. The topological polar surface area (TPSA) is 52.9 Å². The van der Waals surface area contributed by atoms with Crippen LogP contribution in [0.15, 0.2) is 35.5 Å². The second-order valence-corrected chi connectivity index (χ2v) is 11.4. The number of morpholine rings is 1. The Kier molecular flexibility index (Phi) is 7.66. The lowest BCUT2D eigenvalue weighted by Gasteiger charge is -2.44. The second-order valence-electron chi connectivity index (χ2n) is 11.4. The highest BCUT2D eigenvalue weighted by Gasteiger charge is 2.50. The van der Waals surface area contributed by atoms with Crippen molar-refractivity contribution in [3.8, 4) is 0 Å². The van der Waals surface area contributed by atoms with E-state index in [1.54, 1.807) is 5.57 Å².